The van der Waals surface area contributed by atoms with Crippen LogP contribution in [0.1, 0.15) is 64.5 Å². The number of hydrogen-bond acceptors (Lipinski definition) is 2. The third-order valence-electron chi connectivity index (χ3n) is 7.69. The summed E-state index contributed by atoms with van der Waals surface area (Å²) in [6, 6.07) is 19.6. The van der Waals surface area contributed by atoms with Gasteiger partial charge in [0, 0.05) is 70.4 Å². The van der Waals surface area contributed by atoms with Crippen molar-refractivity contribution < 1.29 is 9.36 Å². The monoisotopic (exact) mass is 528 g/mol. The van der Waals surface area contributed by atoms with Gasteiger partial charge in [-0.05, 0) is 49.1 Å². The maximum atomic E-state index is 12.2. The van der Waals surface area contributed by atoms with Gasteiger partial charge in [0.1, 0.15) is 6.54 Å². The van der Waals surface area contributed by atoms with Crippen LogP contribution in [0.15, 0.2) is 67.0 Å². The lowest BCUT2D eigenvalue weighted by atomic mass is 10.1. The molecule has 2 aromatic carbocycles. The number of thioether (sulfide) groups is 1. The van der Waals surface area contributed by atoms with Gasteiger partial charge in [-0.2, -0.15) is 11.8 Å². The summed E-state index contributed by atoms with van der Waals surface area (Å²) in [4.78, 5) is 12.2. The van der Waals surface area contributed by atoms with Gasteiger partial charge in [-0.15, -0.1) is 0 Å². The first-order valence-electron chi connectivity index (χ1n) is 14.0. The molecule has 0 saturated carbocycles. The second kappa shape index (κ2) is 13.1. The van der Waals surface area contributed by atoms with Crippen LogP contribution in [0.25, 0.3) is 34.0 Å². The molecule has 1 amide bonds. The van der Waals surface area contributed by atoms with Crippen molar-refractivity contribution in [3.05, 3.63) is 78.1 Å². The Bertz CT molecular complexity index is 1380. The molecule has 0 bridgehead atoms. The molecular weight excluding hydrogens is 486 g/mol. The van der Waals surface area contributed by atoms with Crippen LogP contribution >= 0.6 is 11.8 Å². The van der Waals surface area contributed by atoms with Crippen molar-refractivity contribution in [2.24, 2.45) is 0 Å². The minimum Gasteiger partial charge on any atom is -0.355 e. The molecule has 0 aliphatic carbocycles. The Labute approximate surface area is 232 Å². The number of aromatic nitrogens is 2. The van der Waals surface area contributed by atoms with Gasteiger partial charge in [0.2, 0.25) is 5.91 Å². The Morgan fingerprint density at radius 1 is 0.947 bits per heavy atom. The van der Waals surface area contributed by atoms with Crippen LogP contribution in [0, 0.1) is 0 Å². The van der Waals surface area contributed by atoms with Crippen LogP contribution in [0.5, 0.6) is 0 Å². The highest BCUT2D eigenvalue weighted by atomic mass is 32.2. The maximum Gasteiger partial charge on any atom is 0.220 e. The number of rotatable bonds is 13. The third-order valence-corrected chi connectivity index (χ3v) is 9.37. The molecule has 2 heterocycles. The zero-order valence-electron chi connectivity index (χ0n) is 23.4. The van der Waals surface area contributed by atoms with Crippen LogP contribution in [0.2, 0.25) is 0 Å². The van der Waals surface area contributed by atoms with Crippen LogP contribution < -0.4 is 9.88 Å². The van der Waals surface area contributed by atoms with E-state index in [1.165, 1.54) is 32.9 Å². The quantitative estimate of drug-likeness (QED) is 0.144. The molecule has 4 rings (SSSR count). The molecule has 0 fully saturated rings. The number of carbonyl (C=O) groups is 1. The van der Waals surface area contributed by atoms with Gasteiger partial charge in [-0.3, -0.25) is 4.79 Å². The van der Waals surface area contributed by atoms with Crippen molar-refractivity contribution in [2.45, 2.75) is 71.2 Å². The number of carbonyl (C=O) groups excluding carboxylic acids is 1. The van der Waals surface area contributed by atoms with Crippen molar-refractivity contribution in [1.29, 1.82) is 0 Å². The van der Waals surface area contributed by atoms with Crippen LogP contribution in [-0.4, -0.2) is 27.5 Å². The minimum absolute atomic E-state index is 0.152. The molecular formula is C33H42N3OS+. The number of pyridine rings is 1. The number of fused-ring (bicyclic) bond motifs is 3. The molecule has 0 radical (unpaired) electrons. The average molecular weight is 529 g/mol. The summed E-state index contributed by atoms with van der Waals surface area (Å²) >= 11 is 1.97. The summed E-state index contributed by atoms with van der Waals surface area (Å²) in [7, 11) is 0. The molecule has 2 aromatic heterocycles. The fourth-order valence-electron chi connectivity index (χ4n) is 4.89. The number of aryl methyl sites for hydroxylation is 2. The van der Waals surface area contributed by atoms with Crippen LogP contribution in [0.4, 0.5) is 0 Å². The van der Waals surface area contributed by atoms with E-state index in [1.54, 1.807) is 0 Å². The first kappa shape index (κ1) is 28.0. The summed E-state index contributed by atoms with van der Waals surface area (Å²) in [5.41, 5.74) is 4.95. The average Bonchev–Trinajstić information content (AvgIpc) is 3.27. The van der Waals surface area contributed by atoms with Gasteiger partial charge >= 0.3 is 0 Å². The molecule has 4 nitrogen and oxygen atoms in total. The molecule has 5 heteroatoms. The number of nitrogens with zero attached hydrogens (tertiary/aromatic N) is 2. The lowest BCUT2D eigenvalue weighted by molar-refractivity contribution is -0.697. The van der Waals surface area contributed by atoms with Crippen molar-refractivity contribution in [3.8, 4) is 0 Å². The normalized spacial score (nSPS) is 12.1. The smallest absolute Gasteiger partial charge is 0.220 e. The minimum atomic E-state index is 0.152. The molecule has 0 aliphatic rings. The summed E-state index contributed by atoms with van der Waals surface area (Å²) in [6.07, 6.45) is 12.3. The molecule has 0 saturated heterocycles. The van der Waals surface area contributed by atoms with Crippen molar-refractivity contribution in [2.75, 3.05) is 12.3 Å². The standard InChI is InChI=1S/C33H41N3OS/c1-5-33(4,6-2)38-24-20-34-32(37)13-10-21-35-22-18-26(19-23-35)14-15-27-16-17-31-29(25-27)28-11-8-9-12-30(28)36(31)7-3/h8-9,11-12,14-19,22-23,25H,5-7,10,13,20-21,24H2,1-4H3/p+1. The summed E-state index contributed by atoms with van der Waals surface area (Å²) in [5.74, 6) is 1.13. The molecule has 38 heavy (non-hydrogen) atoms. The largest absolute Gasteiger partial charge is 0.355 e. The fourth-order valence-corrected chi connectivity index (χ4v) is 5.99. The molecule has 4 aromatic rings. The Morgan fingerprint density at radius 3 is 2.39 bits per heavy atom. The Hall–Kier alpha value is -3.05. The predicted octanol–water partition coefficient (Wildman–Crippen LogP) is 7.48. The van der Waals surface area contributed by atoms with Gasteiger partial charge in [-0.25, -0.2) is 4.57 Å². The highest BCUT2D eigenvalue weighted by Gasteiger charge is 2.19. The molecule has 1 N–H and O–H groups in total. The second-order valence-corrected chi connectivity index (χ2v) is 11.9. The van der Waals surface area contributed by atoms with E-state index in [2.05, 4.69) is 121 Å². The van der Waals surface area contributed by atoms with Gasteiger partial charge < -0.3 is 9.88 Å². The molecule has 0 atom stereocenters. The first-order chi connectivity index (χ1) is 18.5. The van der Waals surface area contributed by atoms with Crippen molar-refractivity contribution in [1.82, 2.24) is 9.88 Å². The zero-order valence-corrected chi connectivity index (χ0v) is 24.2. The molecule has 0 unspecified atom stereocenters. The summed E-state index contributed by atoms with van der Waals surface area (Å²) in [6.45, 7) is 11.5. The van der Waals surface area contributed by atoms with E-state index in [0.29, 0.717) is 11.2 Å². The number of benzene rings is 2. The van der Waals surface area contributed by atoms with Gasteiger partial charge in [-0.1, -0.05) is 57.2 Å². The topological polar surface area (TPSA) is 37.9 Å². The van der Waals surface area contributed by atoms with E-state index in [1.807, 2.05) is 11.8 Å². The molecule has 0 spiro atoms. The molecule has 200 valence electrons. The number of amides is 1. The Morgan fingerprint density at radius 2 is 1.66 bits per heavy atom. The number of para-hydroxylation sites is 1. The predicted molar refractivity (Wildman–Crippen MR) is 164 cm³/mol. The lowest BCUT2D eigenvalue weighted by Gasteiger charge is -2.25. The Kier molecular flexibility index (Phi) is 9.68. The van der Waals surface area contributed by atoms with E-state index in [0.717, 1.165) is 44.6 Å². The summed E-state index contributed by atoms with van der Waals surface area (Å²) < 4.78 is 4.86. The van der Waals surface area contributed by atoms with E-state index >= 15 is 0 Å². The van der Waals surface area contributed by atoms with Crippen molar-refractivity contribution >= 4 is 51.6 Å². The zero-order chi connectivity index (χ0) is 27.0. The van der Waals surface area contributed by atoms with E-state index in [-0.39, 0.29) is 5.91 Å². The van der Waals surface area contributed by atoms with Gasteiger partial charge in [0.15, 0.2) is 12.4 Å². The van der Waals surface area contributed by atoms with Crippen molar-refractivity contribution in [3.63, 3.8) is 0 Å². The SMILES string of the molecule is CCn1c2ccccc2c2cc(C=Cc3cc[n+](CCCC(=O)NCCSC(C)(CC)CC)cc3)ccc21. The highest BCUT2D eigenvalue weighted by molar-refractivity contribution is 8.00. The lowest BCUT2D eigenvalue weighted by Crippen LogP contribution is -2.34. The Balaban J connectivity index is 1.26. The maximum absolute atomic E-state index is 12.2. The fraction of sp³-hybridized carbons (Fsp3) is 0.394. The molecule has 0 aliphatic heterocycles. The van der Waals surface area contributed by atoms with E-state index in [4.69, 9.17) is 0 Å². The van der Waals surface area contributed by atoms with E-state index < -0.39 is 0 Å². The van der Waals surface area contributed by atoms with Gasteiger partial charge in [0.05, 0.1) is 0 Å². The number of hydrogen-bond donors (Lipinski definition) is 1. The van der Waals surface area contributed by atoms with Gasteiger partial charge in [0.25, 0.3) is 0 Å². The van der Waals surface area contributed by atoms with Crippen LogP contribution in [0.3, 0.4) is 0 Å². The third kappa shape index (κ3) is 6.87. The van der Waals surface area contributed by atoms with Crippen LogP contribution in [-0.2, 0) is 17.9 Å². The second-order valence-electron chi connectivity index (χ2n) is 10.2. The number of nitrogens with one attached hydrogen (secondary N) is 1. The van der Waals surface area contributed by atoms with E-state index in [9.17, 15) is 4.79 Å². The highest BCUT2D eigenvalue weighted by Crippen LogP contribution is 2.31. The summed E-state index contributed by atoms with van der Waals surface area (Å²) in [5, 5.41) is 5.69. The first-order valence-corrected chi connectivity index (χ1v) is 15.0.